The zero-order chi connectivity index (χ0) is 11.9. The summed E-state index contributed by atoms with van der Waals surface area (Å²) in [7, 11) is 0. The fourth-order valence-corrected chi connectivity index (χ4v) is 1.94. The third-order valence-electron chi connectivity index (χ3n) is 3.79. The van der Waals surface area contributed by atoms with E-state index in [-0.39, 0.29) is 0 Å². The summed E-state index contributed by atoms with van der Waals surface area (Å²) in [5, 5.41) is 0. The minimum Gasteiger partial charge on any atom is -0.300 e. The number of hydrogen-bond acceptors (Lipinski definition) is 1. The van der Waals surface area contributed by atoms with E-state index in [1.807, 2.05) is 0 Å². The molecule has 0 rings (SSSR count). The first kappa shape index (κ1) is 14.7. The van der Waals surface area contributed by atoms with Crippen molar-refractivity contribution >= 4 is 5.78 Å². The highest BCUT2D eigenvalue weighted by atomic mass is 16.1. The molecular weight excluding hydrogens is 184 g/mol. The lowest BCUT2D eigenvalue weighted by atomic mass is 9.71. The Labute approximate surface area is 95.6 Å². The number of rotatable bonds is 8. The lowest BCUT2D eigenvalue weighted by Crippen LogP contribution is -2.24. The van der Waals surface area contributed by atoms with E-state index in [1.54, 1.807) is 6.92 Å². The fourth-order valence-electron chi connectivity index (χ4n) is 1.94. The molecule has 0 bridgehead atoms. The summed E-state index contributed by atoms with van der Waals surface area (Å²) < 4.78 is 0. The van der Waals surface area contributed by atoms with Gasteiger partial charge in [-0.1, -0.05) is 47.0 Å². The smallest absolute Gasteiger partial charge is 0.129 e. The Morgan fingerprint density at radius 3 is 2.20 bits per heavy atom. The van der Waals surface area contributed by atoms with Crippen molar-refractivity contribution in [1.82, 2.24) is 0 Å². The number of carbonyl (C=O) groups is 1. The lowest BCUT2D eigenvalue weighted by Gasteiger charge is -2.34. The molecule has 90 valence electrons. The highest BCUT2D eigenvalue weighted by Gasteiger charge is 2.27. The average Bonchev–Trinajstić information content (AvgIpc) is 2.15. The first-order valence-corrected chi connectivity index (χ1v) is 6.42. The van der Waals surface area contributed by atoms with Crippen LogP contribution in [-0.2, 0) is 4.79 Å². The fraction of sp³-hybridized carbons (Fsp3) is 0.929. The molecule has 1 heteroatoms. The normalized spacial score (nSPS) is 15.3. The Hall–Kier alpha value is -0.330. The van der Waals surface area contributed by atoms with Gasteiger partial charge in [-0.05, 0) is 31.1 Å². The lowest BCUT2D eigenvalue weighted by molar-refractivity contribution is -0.117. The van der Waals surface area contributed by atoms with Crippen LogP contribution in [0.5, 0.6) is 0 Å². The van der Waals surface area contributed by atoms with Gasteiger partial charge in [0.05, 0.1) is 0 Å². The van der Waals surface area contributed by atoms with E-state index in [2.05, 4.69) is 27.7 Å². The molecule has 0 aliphatic heterocycles. The third-order valence-corrected chi connectivity index (χ3v) is 3.79. The number of ketones is 1. The highest BCUT2D eigenvalue weighted by molar-refractivity contribution is 5.75. The zero-order valence-corrected chi connectivity index (χ0v) is 11.2. The molecule has 0 aliphatic rings. The maximum Gasteiger partial charge on any atom is 0.129 e. The van der Waals surface area contributed by atoms with Crippen LogP contribution in [0.2, 0.25) is 0 Å². The van der Waals surface area contributed by atoms with Gasteiger partial charge in [0.25, 0.3) is 0 Å². The van der Waals surface area contributed by atoms with E-state index < -0.39 is 0 Å². The molecule has 0 heterocycles. The summed E-state index contributed by atoms with van der Waals surface area (Å²) in [6, 6.07) is 0. The molecule has 0 aromatic heterocycles. The maximum atomic E-state index is 11.0. The van der Waals surface area contributed by atoms with Crippen molar-refractivity contribution in [3.05, 3.63) is 0 Å². The predicted molar refractivity (Wildman–Crippen MR) is 67.0 cm³/mol. The Morgan fingerprint density at radius 1 is 1.20 bits per heavy atom. The summed E-state index contributed by atoms with van der Waals surface area (Å²) in [6.45, 7) is 10.9. The molecule has 0 saturated carbocycles. The molecule has 0 radical (unpaired) electrons. The molecule has 1 atom stereocenters. The standard InChI is InChI=1S/C14H28O/c1-6-7-8-10-14(5,12(2)3)11-9-13(4)15/h12H,6-11H2,1-5H3/t14-/m0/s1. The van der Waals surface area contributed by atoms with Crippen LogP contribution in [0, 0.1) is 11.3 Å². The summed E-state index contributed by atoms with van der Waals surface area (Å²) in [5.74, 6) is 1.01. The molecule has 0 spiro atoms. The average molecular weight is 212 g/mol. The van der Waals surface area contributed by atoms with Crippen molar-refractivity contribution in [2.75, 3.05) is 0 Å². The van der Waals surface area contributed by atoms with Crippen molar-refractivity contribution in [2.24, 2.45) is 11.3 Å². The van der Waals surface area contributed by atoms with Crippen molar-refractivity contribution in [1.29, 1.82) is 0 Å². The van der Waals surface area contributed by atoms with E-state index >= 15 is 0 Å². The molecule has 0 fully saturated rings. The molecule has 15 heavy (non-hydrogen) atoms. The Morgan fingerprint density at radius 2 is 1.80 bits per heavy atom. The number of unbranched alkanes of at least 4 members (excludes halogenated alkanes) is 2. The van der Waals surface area contributed by atoms with Crippen molar-refractivity contribution in [3.63, 3.8) is 0 Å². The molecule has 0 N–H and O–H groups in total. The molecule has 0 aromatic carbocycles. The van der Waals surface area contributed by atoms with Gasteiger partial charge in [0.15, 0.2) is 0 Å². The largest absolute Gasteiger partial charge is 0.300 e. The second-order valence-corrected chi connectivity index (χ2v) is 5.47. The molecule has 0 amide bonds. The molecule has 0 aromatic rings. The van der Waals surface area contributed by atoms with Gasteiger partial charge in [-0.3, -0.25) is 0 Å². The minimum atomic E-state index is 0.331. The van der Waals surface area contributed by atoms with E-state index in [9.17, 15) is 4.79 Å². The van der Waals surface area contributed by atoms with Crippen LogP contribution in [0.15, 0.2) is 0 Å². The molecule has 0 unspecified atom stereocenters. The molecule has 1 nitrogen and oxygen atoms in total. The van der Waals surface area contributed by atoms with Crippen molar-refractivity contribution < 1.29 is 4.79 Å². The summed E-state index contributed by atoms with van der Waals surface area (Å²) in [5.41, 5.74) is 0.362. The van der Waals surface area contributed by atoms with Crippen LogP contribution in [0.3, 0.4) is 0 Å². The number of Topliss-reactive ketones (excluding diaryl/α,β-unsaturated/α-hetero) is 1. The zero-order valence-electron chi connectivity index (χ0n) is 11.2. The summed E-state index contributed by atoms with van der Waals surface area (Å²) in [4.78, 5) is 11.0. The van der Waals surface area contributed by atoms with Gasteiger partial charge in [0.1, 0.15) is 5.78 Å². The highest BCUT2D eigenvalue weighted by Crippen LogP contribution is 2.37. The van der Waals surface area contributed by atoms with E-state index in [1.165, 1.54) is 25.7 Å². The topological polar surface area (TPSA) is 17.1 Å². The van der Waals surface area contributed by atoms with Gasteiger partial charge in [-0.2, -0.15) is 0 Å². The number of carbonyl (C=O) groups excluding carboxylic acids is 1. The van der Waals surface area contributed by atoms with Gasteiger partial charge < -0.3 is 4.79 Å². The number of hydrogen-bond donors (Lipinski definition) is 0. The van der Waals surface area contributed by atoms with Crippen LogP contribution in [0.4, 0.5) is 0 Å². The van der Waals surface area contributed by atoms with Crippen LogP contribution in [0.1, 0.15) is 73.1 Å². The second kappa shape index (κ2) is 7.03. The molecular formula is C14H28O. The van der Waals surface area contributed by atoms with Gasteiger partial charge in [0.2, 0.25) is 0 Å². The van der Waals surface area contributed by atoms with Crippen LogP contribution in [-0.4, -0.2) is 5.78 Å². The second-order valence-electron chi connectivity index (χ2n) is 5.47. The van der Waals surface area contributed by atoms with Crippen molar-refractivity contribution in [2.45, 2.75) is 73.1 Å². The van der Waals surface area contributed by atoms with E-state index in [4.69, 9.17) is 0 Å². The van der Waals surface area contributed by atoms with E-state index in [0.717, 1.165) is 12.8 Å². The Bertz CT molecular complexity index is 184. The molecule has 0 aliphatic carbocycles. The van der Waals surface area contributed by atoms with Gasteiger partial charge in [0, 0.05) is 6.42 Å². The SMILES string of the molecule is CCCCC[C@@](C)(CCC(C)=O)C(C)C. The summed E-state index contributed by atoms with van der Waals surface area (Å²) >= 11 is 0. The van der Waals surface area contributed by atoms with Gasteiger partial charge in [-0.25, -0.2) is 0 Å². The predicted octanol–water partition coefficient (Wildman–Crippen LogP) is 4.60. The maximum absolute atomic E-state index is 11.0. The monoisotopic (exact) mass is 212 g/mol. The first-order valence-electron chi connectivity index (χ1n) is 6.42. The first-order chi connectivity index (χ1) is 6.92. The van der Waals surface area contributed by atoms with Crippen LogP contribution < -0.4 is 0 Å². The van der Waals surface area contributed by atoms with E-state index in [0.29, 0.717) is 17.1 Å². The third kappa shape index (κ3) is 5.96. The van der Waals surface area contributed by atoms with Crippen LogP contribution >= 0.6 is 0 Å². The Balaban J connectivity index is 4.12. The van der Waals surface area contributed by atoms with Gasteiger partial charge in [-0.15, -0.1) is 0 Å². The minimum absolute atomic E-state index is 0.331. The van der Waals surface area contributed by atoms with Crippen molar-refractivity contribution in [3.8, 4) is 0 Å². The van der Waals surface area contributed by atoms with Gasteiger partial charge >= 0.3 is 0 Å². The quantitative estimate of drug-likeness (QED) is 0.537. The van der Waals surface area contributed by atoms with Crippen LogP contribution in [0.25, 0.3) is 0 Å². The summed E-state index contributed by atoms with van der Waals surface area (Å²) in [6.07, 6.45) is 6.99. The Kier molecular flexibility index (Phi) is 6.87. The molecule has 0 saturated heterocycles.